The first kappa shape index (κ1) is 22.6. The van der Waals surface area contributed by atoms with Crippen LogP contribution in [0.15, 0.2) is 0 Å². The number of hydrogen-bond acceptors (Lipinski definition) is 1. The first-order valence-corrected chi connectivity index (χ1v) is 2.35. The van der Waals surface area contributed by atoms with Crippen LogP contribution in [0.1, 0.15) is 0 Å². The number of rotatable bonds is 0. The van der Waals surface area contributed by atoms with E-state index in [9.17, 15) is 0 Å². The van der Waals surface area contributed by atoms with E-state index in [2.05, 4.69) is 0 Å². The fourth-order valence-corrected chi connectivity index (χ4v) is 0. The average Bonchev–Trinajstić information content (AvgIpc) is 0.722. The van der Waals surface area contributed by atoms with Crippen molar-refractivity contribution in [3.63, 3.8) is 0 Å². The van der Waals surface area contributed by atoms with Crippen LogP contribution in [0.25, 0.3) is 0 Å². The fraction of sp³-hybridized carbons (Fsp3) is 0. The Bertz CT molecular complexity index is 58.6. The summed E-state index contributed by atoms with van der Waals surface area (Å²) in [5, 5.41) is 0. The van der Waals surface area contributed by atoms with Gasteiger partial charge in [-0.05, 0) is 0 Å². The zero-order chi connectivity index (χ0) is 4.50. The summed E-state index contributed by atoms with van der Waals surface area (Å²) >= 11 is 0. The zero-order valence-corrected chi connectivity index (χ0v) is 4.82. The summed E-state index contributed by atoms with van der Waals surface area (Å²) in [6, 6.07) is 0. The summed E-state index contributed by atoms with van der Waals surface area (Å²) in [6.45, 7) is 0. The van der Waals surface area contributed by atoms with E-state index in [0.29, 0.717) is 0 Å². The minimum atomic E-state index is -4.64. The van der Waals surface area contributed by atoms with Crippen LogP contribution in [0.2, 0.25) is 0 Å². The van der Waals surface area contributed by atoms with Crippen molar-refractivity contribution in [3.05, 3.63) is 0 Å². The van der Waals surface area contributed by atoms with Gasteiger partial charge in [0.15, 0.2) is 0 Å². The van der Waals surface area contributed by atoms with Gasteiger partial charge in [0.05, 0.1) is 0 Å². The monoisotopic (exact) mass is 194 g/mol. The third-order valence-electron chi connectivity index (χ3n) is 0. The van der Waals surface area contributed by atoms with Gasteiger partial charge in [0.1, 0.15) is 0 Å². The van der Waals surface area contributed by atoms with E-state index in [1.165, 1.54) is 0 Å². The summed E-state index contributed by atoms with van der Waals surface area (Å²) < 4.78 is 8.88. The molecule has 0 saturated heterocycles. The summed E-state index contributed by atoms with van der Waals surface area (Å²) in [4.78, 5) is 21.6. The van der Waals surface area contributed by atoms with E-state index in [4.69, 9.17) is 19.2 Å². The normalized spacial score (nSPS) is 7.38. The molecule has 0 fully saturated rings. The molecular formula is H8CaClO5P. The van der Waals surface area contributed by atoms with Crippen LogP contribution in [-0.4, -0.2) is 57.9 Å². The third kappa shape index (κ3) is 127. The quantitative estimate of drug-likeness (QED) is 0.299. The standard InChI is InChI=1S/Ca.ClH.H3O4P.H2O.2H/c;;1-5(2,3)4;;;/h;1H;(H3,1,2,3,4);1H2;;. The predicted molar refractivity (Wildman–Crippen MR) is 33.7 cm³/mol. The van der Waals surface area contributed by atoms with Gasteiger partial charge >= 0.3 is 45.6 Å². The molecule has 0 heterocycles. The van der Waals surface area contributed by atoms with E-state index >= 15 is 0 Å². The van der Waals surface area contributed by atoms with Crippen molar-refractivity contribution in [2.24, 2.45) is 0 Å². The first-order chi connectivity index (χ1) is 2.00. The predicted octanol–water partition coefficient (Wildman–Crippen LogP) is -2.25. The Labute approximate surface area is 82.1 Å². The van der Waals surface area contributed by atoms with E-state index in [1.54, 1.807) is 0 Å². The summed E-state index contributed by atoms with van der Waals surface area (Å²) in [5.41, 5.74) is 0. The molecule has 5 N–H and O–H groups in total. The molecular weight excluding hydrogens is 186 g/mol. The molecule has 5 nitrogen and oxygen atoms in total. The van der Waals surface area contributed by atoms with E-state index in [0.717, 1.165) is 0 Å². The second-order valence-electron chi connectivity index (χ2n) is 0.513. The van der Waals surface area contributed by atoms with Gasteiger partial charge in [-0.1, -0.05) is 0 Å². The number of hydrogen-bond donors (Lipinski definition) is 3. The van der Waals surface area contributed by atoms with Gasteiger partial charge in [-0.3, -0.25) is 0 Å². The molecule has 0 amide bonds. The van der Waals surface area contributed by atoms with Crippen molar-refractivity contribution in [2.45, 2.75) is 0 Å². The molecule has 0 unspecified atom stereocenters. The SMILES string of the molecule is Cl.O.O=P(O)(O)O.[CaH2]. The van der Waals surface area contributed by atoms with Crippen LogP contribution in [-0.2, 0) is 4.57 Å². The van der Waals surface area contributed by atoms with Crippen LogP contribution in [0.4, 0.5) is 0 Å². The Morgan fingerprint density at radius 3 is 1.12 bits per heavy atom. The van der Waals surface area contributed by atoms with Crippen molar-refractivity contribution < 1.29 is 24.7 Å². The maximum atomic E-state index is 8.88. The molecule has 0 aliphatic rings. The second kappa shape index (κ2) is 8.62. The van der Waals surface area contributed by atoms with Crippen LogP contribution in [0.5, 0.6) is 0 Å². The van der Waals surface area contributed by atoms with Crippen molar-refractivity contribution in [1.29, 1.82) is 0 Å². The molecule has 52 valence electrons. The maximum absolute atomic E-state index is 8.88. The molecule has 0 rings (SSSR count). The summed E-state index contributed by atoms with van der Waals surface area (Å²) in [7, 11) is -4.64. The molecule has 0 radical (unpaired) electrons. The van der Waals surface area contributed by atoms with Gasteiger partial charge in [-0.15, -0.1) is 12.4 Å². The summed E-state index contributed by atoms with van der Waals surface area (Å²) in [5.74, 6) is 0. The molecule has 0 aromatic rings. The van der Waals surface area contributed by atoms with Gasteiger partial charge in [0, 0.05) is 0 Å². The van der Waals surface area contributed by atoms with Gasteiger partial charge < -0.3 is 20.2 Å². The van der Waals surface area contributed by atoms with Gasteiger partial charge in [-0.25, -0.2) is 4.57 Å². The van der Waals surface area contributed by atoms with Gasteiger partial charge in [0.2, 0.25) is 0 Å². The average molecular weight is 195 g/mol. The second-order valence-corrected chi connectivity index (χ2v) is 1.54. The van der Waals surface area contributed by atoms with Gasteiger partial charge in [-0.2, -0.15) is 0 Å². The number of halogens is 1. The van der Waals surface area contributed by atoms with Crippen LogP contribution >= 0.6 is 20.2 Å². The Morgan fingerprint density at radius 1 is 1.12 bits per heavy atom. The summed E-state index contributed by atoms with van der Waals surface area (Å²) in [6.07, 6.45) is 0. The topological polar surface area (TPSA) is 109 Å². The minimum absolute atomic E-state index is 0. The fourth-order valence-electron chi connectivity index (χ4n) is 0. The number of phosphoric acid groups is 1. The van der Waals surface area contributed by atoms with E-state index < -0.39 is 7.82 Å². The molecule has 0 aliphatic carbocycles. The van der Waals surface area contributed by atoms with Crippen molar-refractivity contribution in [1.82, 2.24) is 0 Å². The van der Waals surface area contributed by atoms with Crippen LogP contribution < -0.4 is 0 Å². The van der Waals surface area contributed by atoms with Crippen molar-refractivity contribution >= 4 is 58.0 Å². The Hall–Kier alpha value is 1.62. The molecule has 0 aliphatic heterocycles. The van der Waals surface area contributed by atoms with Crippen molar-refractivity contribution in [2.75, 3.05) is 0 Å². The molecule has 0 saturated carbocycles. The molecule has 0 spiro atoms. The van der Waals surface area contributed by atoms with E-state index in [-0.39, 0.29) is 55.6 Å². The van der Waals surface area contributed by atoms with Crippen LogP contribution in [0.3, 0.4) is 0 Å². The Balaban J connectivity index is -0.0000000267. The molecule has 8 heavy (non-hydrogen) atoms. The molecule has 0 aromatic carbocycles. The Morgan fingerprint density at radius 2 is 1.12 bits per heavy atom. The first-order valence-electron chi connectivity index (χ1n) is 0.783. The zero-order valence-electron chi connectivity index (χ0n) is 3.11. The molecule has 0 atom stereocenters. The molecule has 8 heteroatoms. The van der Waals surface area contributed by atoms with E-state index in [1.807, 2.05) is 0 Å². The Kier molecular flexibility index (Phi) is 24.4. The van der Waals surface area contributed by atoms with Gasteiger partial charge in [0.25, 0.3) is 0 Å². The van der Waals surface area contributed by atoms with Crippen molar-refractivity contribution in [3.8, 4) is 0 Å². The molecule has 0 aromatic heterocycles. The third-order valence-corrected chi connectivity index (χ3v) is 0. The molecule has 0 bridgehead atoms. The van der Waals surface area contributed by atoms with Crippen LogP contribution in [0, 0.1) is 0 Å².